The first-order valence-corrected chi connectivity index (χ1v) is 7.27. The lowest BCUT2D eigenvalue weighted by atomic mass is 9.78. The van der Waals surface area contributed by atoms with Crippen LogP contribution in [0, 0.1) is 11.8 Å². The van der Waals surface area contributed by atoms with Crippen LogP contribution in [-0.4, -0.2) is 29.9 Å². The average Bonchev–Trinajstić information content (AvgIpc) is 2.28. The Morgan fingerprint density at radius 3 is 2.28 bits per heavy atom. The van der Waals surface area contributed by atoms with Gasteiger partial charge in [-0.25, -0.2) is 0 Å². The highest BCUT2D eigenvalue weighted by Gasteiger charge is 2.43. The van der Waals surface area contributed by atoms with E-state index in [-0.39, 0.29) is 11.7 Å². The van der Waals surface area contributed by atoms with Crippen LogP contribution in [0.25, 0.3) is 0 Å². The van der Waals surface area contributed by atoms with E-state index in [1.54, 1.807) is 0 Å². The minimum absolute atomic E-state index is 0.122. The Bertz CT molecular complexity index is 327. The number of allylic oxidation sites excluding steroid dienone is 1. The van der Waals surface area contributed by atoms with Gasteiger partial charge >= 0.3 is 0 Å². The van der Waals surface area contributed by atoms with Crippen molar-refractivity contribution in [2.45, 2.75) is 58.7 Å². The second kappa shape index (κ2) is 5.22. The van der Waals surface area contributed by atoms with Crippen LogP contribution >= 0.6 is 0 Å². The van der Waals surface area contributed by atoms with Crippen molar-refractivity contribution < 1.29 is 9.84 Å². The van der Waals surface area contributed by atoms with Crippen molar-refractivity contribution in [2.75, 3.05) is 13.1 Å². The third-order valence-corrected chi connectivity index (χ3v) is 4.20. The number of ether oxygens (including phenoxy) is 1. The monoisotopic (exact) mass is 253 g/mol. The molecule has 3 heteroatoms. The molecule has 3 nitrogen and oxygen atoms in total. The molecule has 0 bridgehead atoms. The first-order valence-electron chi connectivity index (χ1n) is 7.27. The van der Waals surface area contributed by atoms with Gasteiger partial charge in [0, 0.05) is 12.3 Å². The molecule has 0 aromatic heterocycles. The van der Waals surface area contributed by atoms with E-state index in [9.17, 15) is 5.11 Å². The lowest BCUT2D eigenvalue weighted by Gasteiger charge is -2.46. The Kier molecular flexibility index (Phi) is 4.02. The summed E-state index contributed by atoms with van der Waals surface area (Å²) in [4.78, 5) is 0. The maximum Gasteiger partial charge on any atom is 0.114 e. The fourth-order valence-corrected chi connectivity index (χ4v) is 3.27. The van der Waals surface area contributed by atoms with Crippen molar-refractivity contribution in [3.63, 3.8) is 0 Å². The van der Waals surface area contributed by atoms with Crippen LogP contribution in [0.3, 0.4) is 0 Å². The summed E-state index contributed by atoms with van der Waals surface area (Å²) < 4.78 is 6.40. The van der Waals surface area contributed by atoms with Crippen LogP contribution in [-0.2, 0) is 4.74 Å². The highest BCUT2D eigenvalue weighted by molar-refractivity contribution is 5.22. The largest absolute Gasteiger partial charge is 0.491 e. The summed E-state index contributed by atoms with van der Waals surface area (Å²) in [5.74, 6) is 1.76. The maximum atomic E-state index is 10.5. The van der Waals surface area contributed by atoms with Gasteiger partial charge in [0.1, 0.15) is 11.4 Å². The number of hydrogen-bond acceptors (Lipinski definition) is 3. The summed E-state index contributed by atoms with van der Waals surface area (Å²) in [7, 11) is 0. The van der Waals surface area contributed by atoms with Crippen LogP contribution in [0.15, 0.2) is 11.3 Å². The SMILES string of the molecule is CC(C)C1=C(C(C)C)C(O)CC2(CCNCC2)O1. The van der Waals surface area contributed by atoms with E-state index in [1.165, 1.54) is 0 Å². The van der Waals surface area contributed by atoms with Gasteiger partial charge in [0.15, 0.2) is 0 Å². The molecule has 104 valence electrons. The molecular formula is C15H27NO2. The van der Waals surface area contributed by atoms with Crippen molar-refractivity contribution in [2.24, 2.45) is 11.8 Å². The van der Waals surface area contributed by atoms with Gasteiger partial charge in [0.25, 0.3) is 0 Å². The standard InChI is InChI=1S/C15H27NO2/c1-10(2)13-12(17)9-15(5-7-16-8-6-15)18-14(13)11(3)4/h10-12,16-17H,5-9H2,1-4H3. The van der Waals surface area contributed by atoms with Crippen molar-refractivity contribution in [3.05, 3.63) is 11.3 Å². The summed E-state index contributed by atoms with van der Waals surface area (Å²) in [6.45, 7) is 10.6. The quantitative estimate of drug-likeness (QED) is 0.794. The highest BCUT2D eigenvalue weighted by atomic mass is 16.5. The number of piperidine rings is 1. The van der Waals surface area contributed by atoms with Gasteiger partial charge in [-0.15, -0.1) is 0 Å². The zero-order chi connectivity index (χ0) is 13.3. The van der Waals surface area contributed by atoms with E-state index in [0.29, 0.717) is 11.8 Å². The van der Waals surface area contributed by atoms with Gasteiger partial charge in [-0.3, -0.25) is 0 Å². The topological polar surface area (TPSA) is 41.5 Å². The van der Waals surface area contributed by atoms with E-state index < -0.39 is 0 Å². The first-order chi connectivity index (χ1) is 8.45. The molecule has 2 N–H and O–H groups in total. The molecule has 2 aliphatic rings. The lowest BCUT2D eigenvalue weighted by molar-refractivity contribution is -0.0826. The van der Waals surface area contributed by atoms with Crippen molar-refractivity contribution in [1.29, 1.82) is 0 Å². The Labute approximate surface area is 111 Å². The maximum absolute atomic E-state index is 10.5. The van der Waals surface area contributed by atoms with Crippen LogP contribution < -0.4 is 5.32 Å². The lowest BCUT2D eigenvalue weighted by Crippen LogP contribution is -2.49. The van der Waals surface area contributed by atoms with Gasteiger partial charge < -0.3 is 15.2 Å². The molecule has 2 aliphatic heterocycles. The highest BCUT2D eigenvalue weighted by Crippen LogP contribution is 2.42. The number of rotatable bonds is 2. The van der Waals surface area contributed by atoms with Gasteiger partial charge in [-0.05, 0) is 37.4 Å². The molecule has 0 radical (unpaired) electrons. The second-order valence-corrected chi connectivity index (χ2v) is 6.38. The zero-order valence-corrected chi connectivity index (χ0v) is 12.1. The van der Waals surface area contributed by atoms with E-state index in [1.807, 2.05) is 0 Å². The molecule has 1 unspecified atom stereocenters. The molecule has 18 heavy (non-hydrogen) atoms. The van der Waals surface area contributed by atoms with Gasteiger partial charge in [-0.2, -0.15) is 0 Å². The third-order valence-electron chi connectivity index (χ3n) is 4.20. The van der Waals surface area contributed by atoms with E-state index in [4.69, 9.17) is 4.74 Å². The molecule has 0 saturated carbocycles. The predicted molar refractivity (Wildman–Crippen MR) is 73.2 cm³/mol. The van der Waals surface area contributed by atoms with E-state index in [2.05, 4.69) is 33.0 Å². The van der Waals surface area contributed by atoms with Gasteiger partial charge in [0.05, 0.1) is 6.10 Å². The van der Waals surface area contributed by atoms with Crippen molar-refractivity contribution in [3.8, 4) is 0 Å². The molecular weight excluding hydrogens is 226 g/mol. The Morgan fingerprint density at radius 2 is 1.78 bits per heavy atom. The molecule has 2 rings (SSSR count). The fourth-order valence-electron chi connectivity index (χ4n) is 3.27. The predicted octanol–water partition coefficient (Wildman–Crippen LogP) is 2.46. The molecule has 1 atom stereocenters. The fraction of sp³-hybridized carbons (Fsp3) is 0.867. The van der Waals surface area contributed by atoms with Crippen LogP contribution in [0.5, 0.6) is 0 Å². The molecule has 1 fully saturated rings. The summed E-state index contributed by atoms with van der Waals surface area (Å²) in [6, 6.07) is 0. The molecule has 2 heterocycles. The van der Waals surface area contributed by atoms with Crippen molar-refractivity contribution >= 4 is 0 Å². The van der Waals surface area contributed by atoms with E-state index >= 15 is 0 Å². The number of nitrogens with one attached hydrogen (secondary N) is 1. The van der Waals surface area contributed by atoms with Gasteiger partial charge in [0.2, 0.25) is 0 Å². The zero-order valence-electron chi connectivity index (χ0n) is 12.1. The minimum atomic E-state index is -0.325. The molecule has 1 saturated heterocycles. The Balaban J connectivity index is 2.30. The number of hydrogen-bond donors (Lipinski definition) is 2. The van der Waals surface area contributed by atoms with Crippen LogP contribution in [0.1, 0.15) is 47.0 Å². The number of aliphatic hydroxyl groups excluding tert-OH is 1. The molecule has 0 aromatic rings. The molecule has 1 spiro atoms. The average molecular weight is 253 g/mol. The summed E-state index contributed by atoms with van der Waals surface area (Å²) in [5, 5.41) is 13.9. The second-order valence-electron chi connectivity index (χ2n) is 6.38. The third kappa shape index (κ3) is 2.57. The van der Waals surface area contributed by atoms with Gasteiger partial charge in [-0.1, -0.05) is 27.7 Å². The Morgan fingerprint density at radius 1 is 1.17 bits per heavy atom. The van der Waals surface area contributed by atoms with Crippen LogP contribution in [0.2, 0.25) is 0 Å². The normalized spacial score (nSPS) is 28.1. The molecule has 0 amide bonds. The molecule has 0 aromatic carbocycles. The first kappa shape index (κ1) is 13.9. The summed E-state index contributed by atoms with van der Waals surface area (Å²) in [6.07, 6.45) is 2.45. The number of aliphatic hydroxyl groups is 1. The Hall–Kier alpha value is -0.540. The smallest absolute Gasteiger partial charge is 0.114 e. The van der Waals surface area contributed by atoms with Crippen molar-refractivity contribution in [1.82, 2.24) is 5.32 Å². The summed E-state index contributed by atoms with van der Waals surface area (Å²) >= 11 is 0. The van der Waals surface area contributed by atoms with Crippen LogP contribution in [0.4, 0.5) is 0 Å². The summed E-state index contributed by atoms with van der Waals surface area (Å²) in [5.41, 5.74) is 0.997. The molecule has 0 aliphatic carbocycles. The minimum Gasteiger partial charge on any atom is -0.491 e. The van der Waals surface area contributed by atoms with E-state index in [0.717, 1.165) is 43.7 Å².